The van der Waals surface area contributed by atoms with Gasteiger partial charge in [0.2, 0.25) is 0 Å². The van der Waals surface area contributed by atoms with Gasteiger partial charge in [-0.25, -0.2) is 9.59 Å². The van der Waals surface area contributed by atoms with Crippen LogP contribution in [0.3, 0.4) is 0 Å². The maximum atomic E-state index is 13.1. The van der Waals surface area contributed by atoms with Crippen LogP contribution in [0.2, 0.25) is 0 Å². The first-order valence-electron chi connectivity index (χ1n) is 14.3. The fourth-order valence-electron chi connectivity index (χ4n) is 4.57. The number of carboxylic acid groups (broad SMARTS) is 2. The highest BCUT2D eigenvalue weighted by Crippen LogP contribution is 2.25. The van der Waals surface area contributed by atoms with E-state index in [9.17, 15) is 39.0 Å². The Hall–Kier alpha value is -7.08. The van der Waals surface area contributed by atoms with E-state index in [1.807, 2.05) is 0 Å². The Morgan fingerprint density at radius 3 is 1.02 bits per heavy atom. The topological polar surface area (TPSA) is 191 Å². The van der Waals surface area contributed by atoms with E-state index >= 15 is 0 Å². The van der Waals surface area contributed by atoms with Crippen LogP contribution in [0.4, 0.5) is 22.7 Å². The fourth-order valence-corrected chi connectivity index (χ4v) is 4.57. The number of anilines is 4. The average Bonchev–Trinajstić information content (AvgIpc) is 3.09. The Balaban J connectivity index is 1.29. The van der Waals surface area contributed by atoms with Crippen LogP contribution in [-0.4, -0.2) is 45.8 Å². The number of rotatable bonds is 10. The zero-order valence-electron chi connectivity index (χ0n) is 24.9. The lowest BCUT2D eigenvalue weighted by Crippen LogP contribution is -2.18. The lowest BCUT2D eigenvalue weighted by atomic mass is 10.1. The zero-order chi connectivity index (χ0) is 34.2. The first kappa shape index (κ1) is 32.3. The van der Waals surface area contributed by atoms with Crippen LogP contribution >= 0.6 is 0 Å². The fraction of sp³-hybridized carbons (Fsp3) is 0. The number of aromatic carboxylic acids is 2. The molecule has 0 unspecified atom stereocenters. The third-order valence-corrected chi connectivity index (χ3v) is 6.99. The van der Waals surface area contributed by atoms with Gasteiger partial charge < -0.3 is 31.5 Å². The summed E-state index contributed by atoms with van der Waals surface area (Å²) in [6, 6.07) is 30.0. The number of carbonyl (C=O) groups excluding carboxylic acids is 4. The van der Waals surface area contributed by atoms with Crippen molar-refractivity contribution in [2.45, 2.75) is 0 Å². The van der Waals surface area contributed by atoms with E-state index in [1.54, 1.807) is 60.7 Å². The molecule has 0 aliphatic rings. The third-order valence-electron chi connectivity index (χ3n) is 6.99. The largest absolute Gasteiger partial charge is 0.478 e. The van der Waals surface area contributed by atoms with E-state index in [0.29, 0.717) is 11.1 Å². The number of carbonyl (C=O) groups is 6. The minimum atomic E-state index is -1.30. The Labute approximate surface area is 273 Å². The minimum absolute atomic E-state index is 0.0689. The van der Waals surface area contributed by atoms with Gasteiger partial charge in [-0.05, 0) is 84.9 Å². The van der Waals surface area contributed by atoms with E-state index in [0.717, 1.165) is 0 Å². The van der Waals surface area contributed by atoms with Gasteiger partial charge in [0.1, 0.15) is 0 Å². The molecule has 5 rings (SSSR count). The number of benzene rings is 5. The van der Waals surface area contributed by atoms with Crippen molar-refractivity contribution in [2.24, 2.45) is 0 Å². The molecule has 12 heteroatoms. The van der Waals surface area contributed by atoms with E-state index < -0.39 is 35.6 Å². The summed E-state index contributed by atoms with van der Waals surface area (Å²) in [5.74, 6) is -4.84. The van der Waals surface area contributed by atoms with Crippen molar-refractivity contribution in [3.63, 3.8) is 0 Å². The molecule has 238 valence electrons. The van der Waals surface area contributed by atoms with Crippen molar-refractivity contribution in [3.05, 3.63) is 155 Å². The summed E-state index contributed by atoms with van der Waals surface area (Å²) in [6.07, 6.45) is 0. The van der Waals surface area contributed by atoms with Gasteiger partial charge in [0.05, 0.1) is 22.5 Å². The van der Waals surface area contributed by atoms with Gasteiger partial charge in [0.15, 0.2) is 0 Å². The predicted molar refractivity (Wildman–Crippen MR) is 178 cm³/mol. The Morgan fingerprint density at radius 1 is 0.375 bits per heavy atom. The van der Waals surface area contributed by atoms with Gasteiger partial charge in [-0.3, -0.25) is 19.2 Å². The maximum Gasteiger partial charge on any atom is 0.337 e. The molecule has 5 aromatic rings. The molecule has 0 saturated carbocycles. The van der Waals surface area contributed by atoms with Crippen LogP contribution < -0.4 is 21.3 Å². The molecule has 48 heavy (non-hydrogen) atoms. The van der Waals surface area contributed by atoms with Crippen molar-refractivity contribution in [3.8, 4) is 0 Å². The Bertz CT molecular complexity index is 1900. The van der Waals surface area contributed by atoms with Gasteiger partial charge in [0.25, 0.3) is 23.6 Å². The summed E-state index contributed by atoms with van der Waals surface area (Å²) < 4.78 is 0. The minimum Gasteiger partial charge on any atom is -0.478 e. The average molecular weight is 643 g/mol. The zero-order valence-corrected chi connectivity index (χ0v) is 24.9. The smallest absolute Gasteiger partial charge is 0.337 e. The van der Waals surface area contributed by atoms with Crippen LogP contribution in [0.25, 0.3) is 0 Å². The summed E-state index contributed by atoms with van der Waals surface area (Å²) >= 11 is 0. The molecule has 0 saturated heterocycles. The quantitative estimate of drug-likeness (QED) is 0.105. The van der Waals surface area contributed by atoms with Crippen LogP contribution in [0, 0.1) is 0 Å². The molecule has 0 radical (unpaired) electrons. The highest BCUT2D eigenvalue weighted by molar-refractivity contribution is 6.12. The molecule has 0 aliphatic carbocycles. The monoisotopic (exact) mass is 642 g/mol. The lowest BCUT2D eigenvalue weighted by molar-refractivity contribution is 0.0687. The van der Waals surface area contributed by atoms with Crippen molar-refractivity contribution >= 4 is 58.3 Å². The standard InChI is InChI=1S/C36H26N4O8/c41-31(21-7-3-1-4-8-21)37-25-15-17-27(35(45)46)29(19-25)39-33(43)23-11-13-24(14-12-23)34(44)40-30-20-26(16-18-28(30)36(47)48)38-32(42)22-9-5-2-6-10-22/h1-20H,(H,37,41)(H,38,42)(H,39,43)(H,40,44)(H,45,46)(H,47,48). The second kappa shape index (κ2) is 14.3. The summed E-state index contributed by atoms with van der Waals surface area (Å²) in [5, 5.41) is 29.7. The molecule has 6 N–H and O–H groups in total. The highest BCUT2D eigenvalue weighted by atomic mass is 16.4. The summed E-state index contributed by atoms with van der Waals surface area (Å²) in [5.41, 5.74) is 0.869. The van der Waals surface area contributed by atoms with Gasteiger partial charge in [-0.15, -0.1) is 0 Å². The third kappa shape index (κ3) is 7.76. The van der Waals surface area contributed by atoms with Crippen LogP contribution in [-0.2, 0) is 0 Å². The molecular weight excluding hydrogens is 616 g/mol. The number of hydrogen-bond acceptors (Lipinski definition) is 6. The summed E-state index contributed by atoms with van der Waals surface area (Å²) in [7, 11) is 0. The van der Waals surface area contributed by atoms with Crippen LogP contribution in [0.1, 0.15) is 62.1 Å². The lowest BCUT2D eigenvalue weighted by Gasteiger charge is -2.13. The summed E-state index contributed by atoms with van der Waals surface area (Å²) in [6.45, 7) is 0. The molecule has 0 atom stereocenters. The van der Waals surface area contributed by atoms with Crippen molar-refractivity contribution in [1.82, 2.24) is 0 Å². The van der Waals surface area contributed by atoms with Gasteiger partial charge in [-0.2, -0.15) is 0 Å². The first-order valence-corrected chi connectivity index (χ1v) is 14.3. The van der Waals surface area contributed by atoms with Crippen molar-refractivity contribution in [1.29, 1.82) is 0 Å². The molecule has 0 bridgehead atoms. The van der Waals surface area contributed by atoms with E-state index in [2.05, 4.69) is 21.3 Å². The van der Waals surface area contributed by atoms with Crippen LogP contribution in [0.5, 0.6) is 0 Å². The number of nitrogens with one attached hydrogen (secondary N) is 4. The van der Waals surface area contributed by atoms with Gasteiger partial charge in [0, 0.05) is 33.6 Å². The molecule has 0 fully saturated rings. The van der Waals surface area contributed by atoms with Crippen molar-refractivity contribution in [2.75, 3.05) is 21.3 Å². The molecule has 4 amide bonds. The molecule has 5 aromatic carbocycles. The maximum absolute atomic E-state index is 13.1. The Kier molecular flexibility index (Phi) is 9.66. The molecule has 12 nitrogen and oxygen atoms in total. The molecule has 0 heterocycles. The Morgan fingerprint density at radius 2 is 0.688 bits per heavy atom. The van der Waals surface area contributed by atoms with Gasteiger partial charge in [-0.1, -0.05) is 36.4 Å². The highest BCUT2D eigenvalue weighted by Gasteiger charge is 2.18. The molecular formula is C36H26N4O8. The molecule has 0 aromatic heterocycles. The second-order valence-electron chi connectivity index (χ2n) is 10.3. The second-order valence-corrected chi connectivity index (χ2v) is 10.3. The normalized spacial score (nSPS) is 10.3. The first-order chi connectivity index (χ1) is 23.1. The van der Waals surface area contributed by atoms with E-state index in [4.69, 9.17) is 0 Å². The predicted octanol–water partition coefficient (Wildman–Crippen LogP) is 6.09. The number of hydrogen-bond donors (Lipinski definition) is 6. The molecule has 0 aliphatic heterocycles. The number of amides is 4. The van der Waals surface area contributed by atoms with E-state index in [-0.39, 0.29) is 45.0 Å². The number of carboxylic acids is 2. The molecule has 0 spiro atoms. The van der Waals surface area contributed by atoms with Crippen molar-refractivity contribution < 1.29 is 39.0 Å². The van der Waals surface area contributed by atoms with E-state index in [1.165, 1.54) is 60.7 Å². The SMILES string of the molecule is O=C(Nc1ccc(C(=O)O)c(NC(=O)c2ccc(C(=O)Nc3cc(NC(=O)c4ccccc4)ccc3C(=O)O)cc2)c1)c1ccccc1. The summed E-state index contributed by atoms with van der Waals surface area (Å²) in [4.78, 5) is 74.9. The van der Waals surface area contributed by atoms with Gasteiger partial charge >= 0.3 is 11.9 Å². The van der Waals surface area contributed by atoms with Crippen LogP contribution in [0.15, 0.2) is 121 Å².